The number of benzene rings is 2. The number of hydrogen-bond donors (Lipinski definition) is 0. The largest absolute Gasteiger partial charge is 0.573 e. The molecular weight excluding hydrogens is 301 g/mol. The minimum Gasteiger partial charge on any atom is -0.489 e. The number of thioether (sulfide) groups is 1. The second-order valence-corrected chi connectivity index (χ2v) is 5.05. The third kappa shape index (κ3) is 5.23. The molecule has 0 aliphatic rings. The molecule has 0 N–H and O–H groups in total. The maximum absolute atomic E-state index is 12.3. The van der Waals surface area contributed by atoms with Crippen molar-refractivity contribution in [1.82, 2.24) is 0 Å². The van der Waals surface area contributed by atoms with Crippen molar-refractivity contribution in [2.24, 2.45) is 0 Å². The van der Waals surface area contributed by atoms with E-state index in [1.54, 1.807) is 12.3 Å². The molecule has 0 saturated heterocycles. The van der Waals surface area contributed by atoms with Gasteiger partial charge < -0.3 is 9.47 Å². The molecule has 0 amide bonds. The van der Waals surface area contributed by atoms with Gasteiger partial charge in [0.2, 0.25) is 0 Å². The van der Waals surface area contributed by atoms with E-state index in [0.717, 1.165) is 5.56 Å². The quantitative estimate of drug-likeness (QED) is 0.732. The fourth-order valence-corrected chi connectivity index (χ4v) is 2.15. The Bertz CT molecular complexity index is 585. The Balaban J connectivity index is 2.13. The summed E-state index contributed by atoms with van der Waals surface area (Å²) in [4.78, 5) is 0.639. The predicted molar refractivity (Wildman–Crippen MR) is 75.7 cm³/mol. The highest BCUT2D eigenvalue weighted by Crippen LogP contribution is 2.31. The Labute approximate surface area is 124 Å². The highest BCUT2D eigenvalue weighted by atomic mass is 32.2. The average molecular weight is 314 g/mol. The van der Waals surface area contributed by atoms with Crippen LogP contribution in [0.5, 0.6) is 11.5 Å². The Morgan fingerprint density at radius 3 is 2.29 bits per heavy atom. The summed E-state index contributed by atoms with van der Waals surface area (Å²) in [6.07, 6.45) is -2.94. The molecule has 0 saturated carbocycles. The van der Waals surface area contributed by atoms with Gasteiger partial charge in [-0.25, -0.2) is 0 Å². The zero-order chi connectivity index (χ0) is 15.3. The van der Waals surface area contributed by atoms with Crippen molar-refractivity contribution >= 4 is 11.8 Å². The van der Waals surface area contributed by atoms with Crippen molar-refractivity contribution in [3.63, 3.8) is 0 Å². The lowest BCUT2D eigenvalue weighted by Gasteiger charge is -2.13. The number of halogens is 3. The van der Waals surface area contributed by atoms with Gasteiger partial charge in [0.1, 0.15) is 18.1 Å². The molecule has 112 valence electrons. The van der Waals surface area contributed by atoms with Crippen LogP contribution in [0, 0.1) is 0 Å². The summed E-state index contributed by atoms with van der Waals surface area (Å²) in [5.41, 5.74) is 0.936. The normalized spacial score (nSPS) is 11.2. The predicted octanol–water partition coefficient (Wildman–Crippen LogP) is 4.89. The number of ether oxygens (including phenoxy) is 2. The van der Waals surface area contributed by atoms with E-state index in [2.05, 4.69) is 4.74 Å². The third-order valence-corrected chi connectivity index (χ3v) is 3.28. The van der Waals surface area contributed by atoms with Gasteiger partial charge in [-0.15, -0.1) is 24.9 Å². The van der Waals surface area contributed by atoms with Gasteiger partial charge >= 0.3 is 6.36 Å². The number of hydrogen-bond acceptors (Lipinski definition) is 3. The SMILES string of the molecule is CSc1cc(OCc2ccccc2)cc(OC(F)(F)F)c1. The van der Waals surface area contributed by atoms with E-state index in [4.69, 9.17) is 4.74 Å². The van der Waals surface area contributed by atoms with Crippen LogP contribution in [0.4, 0.5) is 13.2 Å². The van der Waals surface area contributed by atoms with Gasteiger partial charge in [0.05, 0.1) is 0 Å². The summed E-state index contributed by atoms with van der Waals surface area (Å²) >= 11 is 1.32. The lowest BCUT2D eigenvalue weighted by Crippen LogP contribution is -2.17. The first-order chi connectivity index (χ1) is 9.96. The van der Waals surface area contributed by atoms with E-state index < -0.39 is 6.36 Å². The maximum Gasteiger partial charge on any atom is 0.573 e. The molecule has 0 radical (unpaired) electrons. The van der Waals surface area contributed by atoms with Crippen LogP contribution in [-0.2, 0) is 6.61 Å². The minimum absolute atomic E-state index is 0.280. The third-order valence-electron chi connectivity index (χ3n) is 2.57. The molecular formula is C15H13F3O2S. The Morgan fingerprint density at radius 2 is 1.67 bits per heavy atom. The molecule has 2 rings (SSSR count). The van der Waals surface area contributed by atoms with Gasteiger partial charge in [0.25, 0.3) is 0 Å². The molecule has 0 aliphatic heterocycles. The van der Waals surface area contributed by atoms with E-state index in [1.165, 1.54) is 23.9 Å². The fraction of sp³-hybridized carbons (Fsp3) is 0.200. The lowest BCUT2D eigenvalue weighted by molar-refractivity contribution is -0.274. The van der Waals surface area contributed by atoms with Crippen LogP contribution in [0.2, 0.25) is 0 Å². The molecule has 0 aliphatic carbocycles. The van der Waals surface area contributed by atoms with Crippen LogP contribution < -0.4 is 9.47 Å². The highest BCUT2D eigenvalue weighted by Gasteiger charge is 2.31. The van der Waals surface area contributed by atoms with Crippen molar-refractivity contribution in [3.05, 3.63) is 54.1 Å². The van der Waals surface area contributed by atoms with E-state index in [1.807, 2.05) is 30.3 Å². The molecule has 6 heteroatoms. The van der Waals surface area contributed by atoms with E-state index in [9.17, 15) is 13.2 Å². The summed E-state index contributed by atoms with van der Waals surface area (Å²) in [7, 11) is 0. The monoisotopic (exact) mass is 314 g/mol. The second kappa shape index (κ2) is 6.76. The fourth-order valence-electron chi connectivity index (χ4n) is 1.68. The molecule has 21 heavy (non-hydrogen) atoms. The van der Waals surface area contributed by atoms with Gasteiger partial charge in [-0.1, -0.05) is 30.3 Å². The van der Waals surface area contributed by atoms with Crippen LogP contribution >= 0.6 is 11.8 Å². The second-order valence-electron chi connectivity index (χ2n) is 4.17. The minimum atomic E-state index is -4.71. The highest BCUT2D eigenvalue weighted by molar-refractivity contribution is 7.98. The van der Waals surface area contributed by atoms with Crippen molar-refractivity contribution in [2.75, 3.05) is 6.26 Å². The smallest absolute Gasteiger partial charge is 0.489 e. The molecule has 2 nitrogen and oxygen atoms in total. The van der Waals surface area contributed by atoms with Crippen LogP contribution in [0.1, 0.15) is 5.56 Å². The first-order valence-electron chi connectivity index (χ1n) is 6.08. The molecule has 0 heterocycles. The molecule has 2 aromatic rings. The van der Waals surface area contributed by atoms with E-state index >= 15 is 0 Å². The van der Waals surface area contributed by atoms with Crippen molar-refractivity contribution in [1.29, 1.82) is 0 Å². The average Bonchev–Trinajstić information content (AvgIpc) is 2.44. The van der Waals surface area contributed by atoms with Crippen molar-refractivity contribution in [3.8, 4) is 11.5 Å². The van der Waals surface area contributed by atoms with Crippen LogP contribution in [0.15, 0.2) is 53.4 Å². The lowest BCUT2D eigenvalue weighted by atomic mass is 10.2. The summed E-state index contributed by atoms with van der Waals surface area (Å²) in [6, 6.07) is 13.6. The van der Waals surface area contributed by atoms with Crippen molar-refractivity contribution < 1.29 is 22.6 Å². The van der Waals surface area contributed by atoms with Crippen molar-refractivity contribution in [2.45, 2.75) is 17.9 Å². The first kappa shape index (κ1) is 15.6. The molecule has 0 aromatic heterocycles. The van der Waals surface area contributed by atoms with Crippen LogP contribution in [-0.4, -0.2) is 12.6 Å². The molecule has 0 unspecified atom stereocenters. The molecule has 0 atom stereocenters. The summed E-state index contributed by atoms with van der Waals surface area (Å²) in [5, 5.41) is 0. The van der Waals surface area contributed by atoms with Gasteiger partial charge in [-0.3, -0.25) is 0 Å². The Morgan fingerprint density at radius 1 is 1.00 bits per heavy atom. The molecule has 0 fully saturated rings. The summed E-state index contributed by atoms with van der Waals surface area (Å²) in [6.45, 7) is 0.282. The molecule has 2 aromatic carbocycles. The van der Waals surface area contributed by atoms with Gasteiger partial charge in [-0.05, 0) is 24.0 Å². The summed E-state index contributed by atoms with van der Waals surface area (Å²) in [5.74, 6) is 0.0577. The Hall–Kier alpha value is -1.82. The van der Waals surface area contributed by atoms with Gasteiger partial charge in [-0.2, -0.15) is 0 Å². The molecule has 0 bridgehead atoms. The standard InChI is InChI=1S/C15H13F3O2S/c1-21-14-8-12(7-13(9-14)20-15(16,17)18)19-10-11-5-3-2-4-6-11/h2-9H,10H2,1H3. The Kier molecular flexibility index (Phi) is 5.01. The zero-order valence-corrected chi connectivity index (χ0v) is 12.0. The van der Waals surface area contributed by atoms with Gasteiger partial charge in [0, 0.05) is 11.0 Å². The topological polar surface area (TPSA) is 18.5 Å². The maximum atomic E-state index is 12.3. The van der Waals surface area contributed by atoms with Crippen LogP contribution in [0.3, 0.4) is 0 Å². The first-order valence-corrected chi connectivity index (χ1v) is 7.30. The van der Waals surface area contributed by atoms with E-state index in [-0.39, 0.29) is 12.4 Å². The summed E-state index contributed by atoms with van der Waals surface area (Å²) < 4.78 is 46.3. The number of alkyl halides is 3. The number of rotatable bonds is 5. The van der Waals surface area contributed by atoms with Gasteiger partial charge in [0.15, 0.2) is 0 Å². The molecule has 0 spiro atoms. The van der Waals surface area contributed by atoms with E-state index in [0.29, 0.717) is 10.6 Å². The zero-order valence-electron chi connectivity index (χ0n) is 11.2. The van der Waals surface area contributed by atoms with Crippen LogP contribution in [0.25, 0.3) is 0 Å².